The molecule has 2 unspecified atom stereocenters. The van der Waals surface area contributed by atoms with Gasteiger partial charge in [0.15, 0.2) is 0 Å². The molecule has 0 aliphatic carbocycles. The Hall–Kier alpha value is -5.14. The van der Waals surface area contributed by atoms with Crippen molar-refractivity contribution in [2.24, 2.45) is 0 Å². The standard InChI is InChI=1S/C33H43N5O13/c39-28-7-3-6-27(34-28)33(48)35-26-5-2-1-4-25(26)22-8-10-24(11-9-22)50-21-23(38(14-15-51-49)20-32(46)47)16-36(17-29(40)41)12-13-37(18-30(42)43)19-31(44)45/h1-2,4-5,8-11,23,27,49H,3,6-7,12-21H2,(H,34,39)(H,35,48)(H,40,41)(H,42,43)(H,44,45)(H,46,47). The SMILES string of the molecule is O=C(O)CN(CCN(CC(=O)O)CC(COc1ccc(-c2ccccc2NC(=O)C2CCCC(=O)N2)cc1)N(CCOO)CC(=O)O)CC(=O)O. The summed E-state index contributed by atoms with van der Waals surface area (Å²) in [6, 6.07) is 12.5. The largest absolute Gasteiger partial charge is 0.492 e. The first kappa shape index (κ1) is 40.3. The van der Waals surface area contributed by atoms with Crippen LogP contribution >= 0.6 is 0 Å². The Morgan fingerprint density at radius 3 is 2.04 bits per heavy atom. The Kier molecular flexibility index (Phi) is 16.2. The van der Waals surface area contributed by atoms with E-state index in [9.17, 15) is 49.2 Å². The van der Waals surface area contributed by atoms with Gasteiger partial charge in [-0.3, -0.25) is 48.7 Å². The number of aliphatic carboxylic acids is 4. The molecule has 2 aromatic rings. The molecule has 2 amide bonds. The zero-order valence-electron chi connectivity index (χ0n) is 27.8. The van der Waals surface area contributed by atoms with E-state index in [4.69, 9.17) is 9.99 Å². The Labute approximate surface area is 293 Å². The number of piperidine rings is 1. The average molecular weight is 718 g/mol. The van der Waals surface area contributed by atoms with E-state index < -0.39 is 62.1 Å². The van der Waals surface area contributed by atoms with Crippen LogP contribution in [0.25, 0.3) is 11.1 Å². The number of carbonyl (C=O) groups excluding carboxylic acids is 2. The minimum absolute atomic E-state index is 0.0709. The van der Waals surface area contributed by atoms with Crippen molar-refractivity contribution in [3.05, 3.63) is 48.5 Å². The number of para-hydroxylation sites is 1. The summed E-state index contributed by atoms with van der Waals surface area (Å²) in [5, 5.41) is 52.1. The van der Waals surface area contributed by atoms with Crippen LogP contribution in [-0.2, 0) is 33.7 Å². The quantitative estimate of drug-likeness (QED) is 0.0608. The first-order valence-corrected chi connectivity index (χ1v) is 16.1. The second-order valence-corrected chi connectivity index (χ2v) is 11.9. The highest BCUT2D eigenvalue weighted by molar-refractivity contribution is 6.00. The predicted octanol–water partition coefficient (Wildman–Crippen LogP) is 0.442. The van der Waals surface area contributed by atoms with Crippen molar-refractivity contribution in [1.29, 1.82) is 0 Å². The lowest BCUT2D eigenvalue weighted by molar-refractivity contribution is -0.244. The summed E-state index contributed by atoms with van der Waals surface area (Å²) in [4.78, 5) is 78.8. The highest BCUT2D eigenvalue weighted by Gasteiger charge is 2.27. The second-order valence-electron chi connectivity index (χ2n) is 11.9. The fourth-order valence-corrected chi connectivity index (χ4v) is 5.59. The number of rotatable bonds is 23. The summed E-state index contributed by atoms with van der Waals surface area (Å²) in [5.41, 5.74) is 1.98. The third-order valence-electron chi connectivity index (χ3n) is 7.94. The second kappa shape index (κ2) is 20.5. The monoisotopic (exact) mass is 717 g/mol. The number of nitrogens with zero attached hydrogens (tertiary/aromatic N) is 3. The van der Waals surface area contributed by atoms with Crippen molar-refractivity contribution >= 4 is 41.4 Å². The maximum Gasteiger partial charge on any atom is 0.317 e. The molecule has 3 rings (SSSR count). The van der Waals surface area contributed by atoms with Crippen LogP contribution in [0.5, 0.6) is 5.75 Å². The fraction of sp³-hybridized carbons (Fsp3) is 0.455. The van der Waals surface area contributed by atoms with Crippen molar-refractivity contribution < 1.29 is 64.1 Å². The number of anilines is 1. The number of carboxylic acid groups (broad SMARTS) is 4. The van der Waals surface area contributed by atoms with Crippen LogP contribution in [-0.4, -0.2) is 154 Å². The molecule has 51 heavy (non-hydrogen) atoms. The maximum absolute atomic E-state index is 12.9. The molecule has 1 aliphatic heterocycles. The number of hydrogen-bond acceptors (Lipinski definition) is 12. The van der Waals surface area contributed by atoms with Crippen molar-refractivity contribution in [3.63, 3.8) is 0 Å². The molecular formula is C33H43N5O13. The molecule has 1 aliphatic rings. The minimum Gasteiger partial charge on any atom is -0.492 e. The third kappa shape index (κ3) is 14.3. The van der Waals surface area contributed by atoms with E-state index in [1.165, 1.54) is 9.80 Å². The van der Waals surface area contributed by atoms with E-state index >= 15 is 0 Å². The number of carbonyl (C=O) groups is 6. The van der Waals surface area contributed by atoms with Crippen LogP contribution in [0.2, 0.25) is 0 Å². The van der Waals surface area contributed by atoms with E-state index in [-0.39, 0.29) is 51.2 Å². The van der Waals surface area contributed by atoms with Crippen LogP contribution < -0.4 is 15.4 Å². The molecule has 1 saturated heterocycles. The fourth-order valence-electron chi connectivity index (χ4n) is 5.59. The summed E-state index contributed by atoms with van der Waals surface area (Å²) in [5.74, 6) is -5.09. The number of ether oxygens (including phenoxy) is 1. The van der Waals surface area contributed by atoms with Gasteiger partial charge in [-0.05, 0) is 36.6 Å². The summed E-state index contributed by atoms with van der Waals surface area (Å²) < 4.78 is 6.03. The Morgan fingerprint density at radius 2 is 1.43 bits per heavy atom. The highest BCUT2D eigenvalue weighted by Crippen LogP contribution is 2.30. The lowest BCUT2D eigenvalue weighted by Crippen LogP contribution is -2.52. The summed E-state index contributed by atoms with van der Waals surface area (Å²) in [7, 11) is 0. The van der Waals surface area contributed by atoms with Crippen LogP contribution in [0.3, 0.4) is 0 Å². The normalized spacial score (nSPS) is 15.0. The third-order valence-corrected chi connectivity index (χ3v) is 7.94. The van der Waals surface area contributed by atoms with Crippen LogP contribution in [0.1, 0.15) is 19.3 Å². The van der Waals surface area contributed by atoms with Gasteiger partial charge in [0.25, 0.3) is 0 Å². The van der Waals surface area contributed by atoms with Crippen molar-refractivity contribution in [2.45, 2.75) is 31.3 Å². The average Bonchev–Trinajstić information content (AvgIpc) is 3.07. The molecule has 0 bridgehead atoms. The molecule has 7 N–H and O–H groups in total. The van der Waals surface area contributed by atoms with E-state index in [2.05, 4.69) is 15.5 Å². The van der Waals surface area contributed by atoms with Gasteiger partial charge in [-0.2, -0.15) is 0 Å². The Bertz CT molecular complexity index is 1490. The molecule has 278 valence electrons. The molecule has 2 atom stereocenters. The molecular weight excluding hydrogens is 674 g/mol. The van der Waals surface area contributed by atoms with Gasteiger partial charge < -0.3 is 35.8 Å². The number of nitrogens with one attached hydrogen (secondary N) is 2. The van der Waals surface area contributed by atoms with E-state index in [1.54, 1.807) is 42.5 Å². The molecule has 0 radical (unpaired) electrons. The summed E-state index contributed by atoms with van der Waals surface area (Å²) in [6.45, 7) is -3.01. The highest BCUT2D eigenvalue weighted by atomic mass is 17.1. The van der Waals surface area contributed by atoms with E-state index in [0.717, 1.165) is 10.5 Å². The number of amides is 2. The first-order chi connectivity index (χ1) is 24.3. The smallest absolute Gasteiger partial charge is 0.317 e. The van der Waals surface area contributed by atoms with Gasteiger partial charge in [-0.1, -0.05) is 30.3 Å². The zero-order chi connectivity index (χ0) is 37.3. The summed E-state index contributed by atoms with van der Waals surface area (Å²) in [6.07, 6.45) is 1.53. The number of hydrogen-bond donors (Lipinski definition) is 7. The molecule has 1 fully saturated rings. The zero-order valence-corrected chi connectivity index (χ0v) is 27.8. The van der Waals surface area contributed by atoms with Gasteiger partial charge in [0.05, 0.1) is 38.8 Å². The van der Waals surface area contributed by atoms with Crippen molar-refractivity contribution in [2.75, 3.05) is 70.9 Å². The Morgan fingerprint density at radius 1 is 0.824 bits per heavy atom. The molecule has 0 aromatic heterocycles. The first-order valence-electron chi connectivity index (χ1n) is 16.1. The van der Waals surface area contributed by atoms with Gasteiger partial charge >= 0.3 is 23.9 Å². The number of carboxylic acids is 4. The van der Waals surface area contributed by atoms with Crippen molar-refractivity contribution in [1.82, 2.24) is 20.0 Å². The topological polar surface area (TPSA) is 256 Å². The lowest BCUT2D eigenvalue weighted by Gasteiger charge is -2.34. The molecule has 18 heteroatoms. The molecule has 1 heterocycles. The van der Waals surface area contributed by atoms with Gasteiger partial charge in [0.2, 0.25) is 11.8 Å². The van der Waals surface area contributed by atoms with Gasteiger partial charge in [0.1, 0.15) is 18.4 Å². The predicted molar refractivity (Wildman–Crippen MR) is 179 cm³/mol. The van der Waals surface area contributed by atoms with Gasteiger partial charge in [-0.15, -0.1) is 0 Å². The van der Waals surface area contributed by atoms with Crippen LogP contribution in [0, 0.1) is 0 Å². The summed E-state index contributed by atoms with van der Waals surface area (Å²) >= 11 is 0. The van der Waals surface area contributed by atoms with E-state index in [0.29, 0.717) is 36.3 Å². The molecule has 0 spiro atoms. The Balaban J connectivity index is 1.78. The lowest BCUT2D eigenvalue weighted by atomic mass is 10.0. The minimum atomic E-state index is -1.27. The van der Waals surface area contributed by atoms with Gasteiger partial charge in [0, 0.05) is 43.9 Å². The maximum atomic E-state index is 12.9. The van der Waals surface area contributed by atoms with E-state index in [1.807, 2.05) is 6.07 Å². The van der Waals surface area contributed by atoms with Crippen LogP contribution in [0.15, 0.2) is 48.5 Å². The van der Waals surface area contributed by atoms with Crippen molar-refractivity contribution in [3.8, 4) is 16.9 Å². The van der Waals surface area contributed by atoms with Gasteiger partial charge in [-0.25, -0.2) is 4.89 Å². The molecule has 0 saturated carbocycles. The molecule has 2 aromatic carbocycles. The number of benzene rings is 2. The molecule has 18 nitrogen and oxygen atoms in total. The van der Waals surface area contributed by atoms with Crippen LogP contribution in [0.4, 0.5) is 5.69 Å².